The van der Waals surface area contributed by atoms with Gasteiger partial charge in [-0.2, -0.15) is 0 Å². The number of halogens is 3. The van der Waals surface area contributed by atoms with Crippen molar-refractivity contribution in [1.82, 2.24) is 10.6 Å². The first-order chi connectivity index (χ1) is 10.9. The van der Waals surface area contributed by atoms with Gasteiger partial charge in [0, 0.05) is 19.2 Å². The average molecular weight is 364 g/mol. The molecule has 0 aliphatic carbocycles. The maximum Gasteiger partial charge on any atom is 0.262 e. The van der Waals surface area contributed by atoms with Crippen molar-refractivity contribution in [3.8, 4) is 5.75 Å². The summed E-state index contributed by atoms with van der Waals surface area (Å²) in [5.74, 6) is -2.90. The zero-order valence-electron chi connectivity index (χ0n) is 13.1. The number of alkyl halides is 2. The van der Waals surface area contributed by atoms with Gasteiger partial charge in [0.2, 0.25) is 11.8 Å². The van der Waals surface area contributed by atoms with E-state index in [1.165, 1.54) is 0 Å². The molecule has 0 spiro atoms. The minimum Gasteiger partial charge on any atom is -0.493 e. The molecule has 134 valence electrons. The predicted octanol–water partition coefficient (Wildman–Crippen LogP) is 1.56. The van der Waals surface area contributed by atoms with E-state index in [2.05, 4.69) is 16.0 Å². The summed E-state index contributed by atoms with van der Waals surface area (Å²) in [6.45, 7) is -0.240. The van der Waals surface area contributed by atoms with Gasteiger partial charge in [-0.25, -0.2) is 8.78 Å². The molecule has 1 aromatic rings. The van der Waals surface area contributed by atoms with Gasteiger partial charge < -0.3 is 15.4 Å². The molecule has 0 aromatic heterocycles. The monoisotopic (exact) mass is 363 g/mol. The van der Waals surface area contributed by atoms with Crippen LogP contribution in [-0.2, 0) is 9.59 Å². The maximum absolute atomic E-state index is 13.1. The van der Waals surface area contributed by atoms with E-state index in [1.54, 1.807) is 31.3 Å². The number of amides is 2. The summed E-state index contributed by atoms with van der Waals surface area (Å²) < 4.78 is 31.5. The van der Waals surface area contributed by atoms with Crippen molar-refractivity contribution >= 4 is 29.9 Å². The second-order valence-electron chi connectivity index (χ2n) is 5.28. The number of ether oxygens (including phenoxy) is 1. The maximum atomic E-state index is 13.1. The molecule has 1 fully saturated rings. The zero-order valence-corrected chi connectivity index (χ0v) is 13.9. The summed E-state index contributed by atoms with van der Waals surface area (Å²) >= 11 is 0. The topological polar surface area (TPSA) is 79.5 Å². The van der Waals surface area contributed by atoms with E-state index < -0.39 is 30.8 Å². The van der Waals surface area contributed by atoms with Crippen LogP contribution in [-0.4, -0.2) is 44.0 Å². The lowest BCUT2D eigenvalue weighted by Gasteiger charge is -2.12. The molecule has 1 saturated heterocycles. The molecule has 0 radical (unpaired) electrons. The highest BCUT2D eigenvalue weighted by Crippen LogP contribution is 2.26. The molecular formula is C15H20ClF2N3O3. The van der Waals surface area contributed by atoms with Gasteiger partial charge in [-0.1, -0.05) is 0 Å². The van der Waals surface area contributed by atoms with E-state index >= 15 is 0 Å². The average Bonchev–Trinajstić information content (AvgIpc) is 2.89. The Hall–Kier alpha value is -1.93. The van der Waals surface area contributed by atoms with Crippen molar-refractivity contribution in [2.24, 2.45) is 0 Å². The molecule has 2 rings (SSSR count). The van der Waals surface area contributed by atoms with Crippen LogP contribution in [0.2, 0.25) is 0 Å². The highest BCUT2D eigenvalue weighted by atomic mass is 35.5. The lowest BCUT2D eigenvalue weighted by molar-refractivity contribution is -0.121. The van der Waals surface area contributed by atoms with Crippen LogP contribution in [0.1, 0.15) is 12.8 Å². The molecular weight excluding hydrogens is 344 g/mol. The first kappa shape index (κ1) is 20.1. The fourth-order valence-corrected chi connectivity index (χ4v) is 2.15. The minimum atomic E-state index is -2.84. The van der Waals surface area contributed by atoms with Crippen LogP contribution < -0.4 is 20.7 Å². The van der Waals surface area contributed by atoms with E-state index in [9.17, 15) is 18.4 Å². The fourth-order valence-electron chi connectivity index (χ4n) is 2.15. The Morgan fingerprint density at radius 1 is 1.33 bits per heavy atom. The molecule has 1 aliphatic rings. The van der Waals surface area contributed by atoms with Gasteiger partial charge in [0.15, 0.2) is 0 Å². The Morgan fingerprint density at radius 2 is 2.00 bits per heavy atom. The Kier molecular flexibility index (Phi) is 7.37. The van der Waals surface area contributed by atoms with Crippen molar-refractivity contribution in [1.29, 1.82) is 0 Å². The Balaban J connectivity index is 0.00000288. The molecule has 9 heteroatoms. The summed E-state index contributed by atoms with van der Waals surface area (Å²) in [6.07, 6.45) is -0.254. The first-order valence-electron chi connectivity index (χ1n) is 7.25. The van der Waals surface area contributed by atoms with E-state index in [0.29, 0.717) is 11.4 Å². The number of nitrogens with one attached hydrogen (secondary N) is 3. The van der Waals surface area contributed by atoms with Gasteiger partial charge in [0.1, 0.15) is 5.75 Å². The molecule has 0 saturated carbocycles. The van der Waals surface area contributed by atoms with Crippen molar-refractivity contribution in [2.45, 2.75) is 24.8 Å². The van der Waals surface area contributed by atoms with Crippen LogP contribution in [0.15, 0.2) is 24.3 Å². The van der Waals surface area contributed by atoms with E-state index in [1.807, 2.05) is 0 Å². The Bertz CT molecular complexity index is 570. The van der Waals surface area contributed by atoms with E-state index in [-0.39, 0.29) is 31.3 Å². The first-order valence-corrected chi connectivity index (χ1v) is 7.25. The molecule has 0 bridgehead atoms. The van der Waals surface area contributed by atoms with Crippen LogP contribution in [0.3, 0.4) is 0 Å². The van der Waals surface area contributed by atoms with Crippen LogP contribution in [0, 0.1) is 0 Å². The second-order valence-corrected chi connectivity index (χ2v) is 5.28. The van der Waals surface area contributed by atoms with E-state index in [0.717, 1.165) is 0 Å². The smallest absolute Gasteiger partial charge is 0.262 e. The van der Waals surface area contributed by atoms with Crippen molar-refractivity contribution in [3.63, 3.8) is 0 Å². The molecule has 2 amide bonds. The third-order valence-corrected chi connectivity index (χ3v) is 3.42. The lowest BCUT2D eigenvalue weighted by Crippen LogP contribution is -2.35. The number of carbonyl (C=O) groups excluding carboxylic acids is 2. The number of anilines is 1. The third-order valence-electron chi connectivity index (χ3n) is 3.42. The number of hydrogen-bond donors (Lipinski definition) is 3. The predicted molar refractivity (Wildman–Crippen MR) is 87.9 cm³/mol. The van der Waals surface area contributed by atoms with Gasteiger partial charge in [-0.05, 0) is 24.3 Å². The summed E-state index contributed by atoms with van der Waals surface area (Å²) in [5, 5.41) is 7.56. The summed E-state index contributed by atoms with van der Waals surface area (Å²) in [4.78, 5) is 22.9. The molecule has 1 unspecified atom stereocenters. The Labute approximate surface area is 144 Å². The van der Waals surface area contributed by atoms with Crippen LogP contribution in [0.5, 0.6) is 5.75 Å². The molecule has 1 aliphatic heterocycles. The highest BCUT2D eigenvalue weighted by molar-refractivity contribution is 5.95. The summed E-state index contributed by atoms with van der Waals surface area (Å²) in [6, 6.07) is 5.60. The number of benzene rings is 1. The molecule has 24 heavy (non-hydrogen) atoms. The quantitative estimate of drug-likeness (QED) is 0.716. The van der Waals surface area contributed by atoms with Gasteiger partial charge in [-0.15, -0.1) is 12.4 Å². The molecule has 1 atom stereocenters. The van der Waals surface area contributed by atoms with Crippen LogP contribution in [0.4, 0.5) is 14.5 Å². The van der Waals surface area contributed by atoms with Crippen LogP contribution >= 0.6 is 12.4 Å². The minimum absolute atomic E-state index is 0. The number of carbonyl (C=O) groups is 2. The third kappa shape index (κ3) is 5.93. The second kappa shape index (κ2) is 8.79. The molecule has 1 aromatic carbocycles. The number of hydrogen-bond acceptors (Lipinski definition) is 4. The largest absolute Gasteiger partial charge is 0.493 e. The van der Waals surface area contributed by atoms with Crippen molar-refractivity contribution in [3.05, 3.63) is 24.3 Å². The SMILES string of the molecule is CNC(=O)CCOc1ccc(NC(=O)C2CC(F)(F)CN2)cc1.Cl. The molecule has 6 nitrogen and oxygen atoms in total. The Morgan fingerprint density at radius 3 is 2.54 bits per heavy atom. The van der Waals surface area contributed by atoms with E-state index in [4.69, 9.17) is 4.74 Å². The normalized spacial score (nSPS) is 18.4. The summed E-state index contributed by atoms with van der Waals surface area (Å²) in [5.41, 5.74) is 0.491. The zero-order chi connectivity index (χ0) is 16.9. The van der Waals surface area contributed by atoms with Gasteiger partial charge in [0.25, 0.3) is 5.92 Å². The van der Waals surface area contributed by atoms with Crippen molar-refractivity contribution in [2.75, 3.05) is 25.5 Å². The van der Waals surface area contributed by atoms with Gasteiger partial charge in [0.05, 0.1) is 25.6 Å². The van der Waals surface area contributed by atoms with Gasteiger partial charge >= 0.3 is 0 Å². The fraction of sp³-hybridized carbons (Fsp3) is 0.467. The molecule has 1 heterocycles. The highest BCUT2D eigenvalue weighted by Gasteiger charge is 2.42. The molecule has 3 N–H and O–H groups in total. The number of rotatable bonds is 6. The van der Waals surface area contributed by atoms with Gasteiger partial charge in [-0.3, -0.25) is 14.9 Å². The lowest BCUT2D eigenvalue weighted by atomic mass is 10.2. The summed E-state index contributed by atoms with van der Waals surface area (Å²) in [7, 11) is 1.55. The standard InChI is InChI=1S/C15H19F2N3O3.ClH/c1-18-13(21)6-7-23-11-4-2-10(3-5-11)20-14(22)12-8-15(16,17)9-19-12;/h2-5,12,19H,6-9H2,1H3,(H,18,21)(H,20,22);1H. The van der Waals surface area contributed by atoms with Crippen LogP contribution in [0.25, 0.3) is 0 Å². The van der Waals surface area contributed by atoms with Crippen molar-refractivity contribution < 1.29 is 23.1 Å².